The molecule has 0 amide bonds. The van der Waals surface area contributed by atoms with Crippen LogP contribution in [0.15, 0.2) is 28.7 Å². The number of aldehydes is 1. The maximum absolute atomic E-state index is 12.6. The summed E-state index contributed by atoms with van der Waals surface area (Å²) in [5.74, 6) is -1.48. The van der Waals surface area contributed by atoms with Crippen molar-refractivity contribution in [3.8, 4) is 18.2 Å². The Labute approximate surface area is 146 Å². The zero-order chi connectivity index (χ0) is 18.0. The SMILES string of the molecule is N#CC1(C#N)CC(C=O)C(=N)[C@@]1(C#N)CC(=O)c1ccc(Br)cc1. The van der Waals surface area contributed by atoms with Crippen molar-refractivity contribution in [2.75, 3.05) is 0 Å². The molecule has 0 spiro atoms. The van der Waals surface area contributed by atoms with Crippen molar-refractivity contribution >= 4 is 33.7 Å². The van der Waals surface area contributed by atoms with Gasteiger partial charge in [0.2, 0.25) is 0 Å². The lowest BCUT2D eigenvalue weighted by Crippen LogP contribution is -2.41. The van der Waals surface area contributed by atoms with E-state index < -0.39 is 29.0 Å². The van der Waals surface area contributed by atoms with Gasteiger partial charge in [-0.1, -0.05) is 28.1 Å². The fourth-order valence-electron chi connectivity index (χ4n) is 3.00. The van der Waals surface area contributed by atoms with Crippen LogP contribution in [-0.2, 0) is 4.79 Å². The van der Waals surface area contributed by atoms with Crippen molar-refractivity contribution in [3.63, 3.8) is 0 Å². The molecule has 1 aliphatic carbocycles. The number of nitriles is 3. The Kier molecular flexibility index (Phi) is 4.64. The lowest BCUT2D eigenvalue weighted by molar-refractivity contribution is -0.109. The van der Waals surface area contributed by atoms with Crippen LogP contribution in [0.25, 0.3) is 0 Å². The average molecular weight is 383 g/mol. The molecule has 0 saturated heterocycles. The highest BCUT2D eigenvalue weighted by atomic mass is 79.9. The highest BCUT2D eigenvalue weighted by Gasteiger charge is 2.65. The minimum atomic E-state index is -1.92. The third-order valence-corrected chi connectivity index (χ3v) is 4.94. The van der Waals surface area contributed by atoms with E-state index in [9.17, 15) is 25.4 Å². The van der Waals surface area contributed by atoms with Gasteiger partial charge >= 0.3 is 0 Å². The Morgan fingerprint density at radius 1 is 1.25 bits per heavy atom. The molecule has 2 rings (SSSR count). The molecule has 118 valence electrons. The number of carbonyl (C=O) groups is 2. The van der Waals surface area contributed by atoms with Crippen molar-refractivity contribution in [2.45, 2.75) is 12.8 Å². The molecule has 0 bridgehead atoms. The van der Waals surface area contributed by atoms with Crippen LogP contribution in [0.2, 0.25) is 0 Å². The van der Waals surface area contributed by atoms with Gasteiger partial charge in [0.15, 0.2) is 11.2 Å². The zero-order valence-corrected chi connectivity index (χ0v) is 14.0. The fourth-order valence-corrected chi connectivity index (χ4v) is 3.26. The second-order valence-corrected chi connectivity index (χ2v) is 6.53. The van der Waals surface area contributed by atoms with Gasteiger partial charge in [-0.15, -0.1) is 0 Å². The average Bonchev–Trinajstić information content (AvgIpc) is 2.84. The number of halogens is 1. The summed E-state index contributed by atoms with van der Waals surface area (Å²) in [6.45, 7) is 0. The maximum Gasteiger partial charge on any atom is 0.169 e. The number of nitrogens with zero attached hydrogens (tertiary/aromatic N) is 3. The van der Waals surface area contributed by atoms with Gasteiger partial charge in [0, 0.05) is 22.2 Å². The normalized spacial score (nSPS) is 24.4. The molecule has 1 aliphatic rings. The van der Waals surface area contributed by atoms with Gasteiger partial charge in [-0.2, -0.15) is 15.8 Å². The van der Waals surface area contributed by atoms with Gasteiger partial charge < -0.3 is 10.2 Å². The molecule has 1 aromatic rings. The fraction of sp³-hybridized carbons (Fsp3) is 0.294. The van der Waals surface area contributed by atoms with Crippen LogP contribution >= 0.6 is 15.9 Å². The lowest BCUT2D eigenvalue weighted by Gasteiger charge is -2.29. The second-order valence-electron chi connectivity index (χ2n) is 5.61. The van der Waals surface area contributed by atoms with Gasteiger partial charge in [0.1, 0.15) is 11.7 Å². The van der Waals surface area contributed by atoms with Crippen LogP contribution in [0.5, 0.6) is 0 Å². The highest BCUT2D eigenvalue weighted by molar-refractivity contribution is 9.10. The first kappa shape index (κ1) is 17.5. The van der Waals surface area contributed by atoms with Gasteiger partial charge in [-0.05, 0) is 18.6 Å². The van der Waals surface area contributed by atoms with Crippen LogP contribution in [0, 0.1) is 56.2 Å². The third kappa shape index (κ3) is 2.42. The van der Waals surface area contributed by atoms with E-state index in [-0.39, 0.29) is 12.1 Å². The van der Waals surface area contributed by atoms with Crippen LogP contribution in [-0.4, -0.2) is 17.8 Å². The van der Waals surface area contributed by atoms with E-state index in [1.54, 1.807) is 36.4 Å². The molecular formula is C17H11BrN4O2. The van der Waals surface area contributed by atoms with E-state index in [2.05, 4.69) is 15.9 Å². The summed E-state index contributed by atoms with van der Waals surface area (Å²) in [6.07, 6.45) is -0.284. The van der Waals surface area contributed by atoms with Crippen molar-refractivity contribution in [2.24, 2.45) is 16.7 Å². The number of hydrogen-bond donors (Lipinski definition) is 1. The first-order valence-electron chi connectivity index (χ1n) is 6.96. The summed E-state index contributed by atoms with van der Waals surface area (Å²) in [5.41, 5.74) is -3.85. The number of ketones is 1. The molecule has 0 aromatic heterocycles. The van der Waals surface area contributed by atoms with Gasteiger partial charge in [-0.3, -0.25) is 4.79 Å². The second kappa shape index (κ2) is 6.35. The predicted molar refractivity (Wildman–Crippen MR) is 86.7 cm³/mol. The van der Waals surface area contributed by atoms with E-state index in [1.807, 2.05) is 6.07 Å². The molecule has 2 atom stereocenters. The molecule has 0 heterocycles. The van der Waals surface area contributed by atoms with Crippen LogP contribution < -0.4 is 0 Å². The van der Waals surface area contributed by atoms with Gasteiger partial charge in [0.25, 0.3) is 0 Å². The standard InChI is InChI=1S/C17H11BrN4O2/c18-13-3-1-11(2-4-13)14(24)6-17(10-21)15(22)12(7-23)5-16(17,8-19)9-20/h1-4,7,12,22H,5-6H2/t12?,17-/m0/s1. The number of rotatable bonds is 4. The summed E-state index contributed by atoms with van der Waals surface area (Å²) in [5, 5.41) is 36.8. The first-order valence-corrected chi connectivity index (χ1v) is 7.75. The maximum atomic E-state index is 12.6. The molecule has 0 aliphatic heterocycles. The van der Waals surface area contributed by atoms with Crippen LogP contribution in [0.4, 0.5) is 0 Å². The summed E-state index contributed by atoms with van der Waals surface area (Å²) in [7, 11) is 0. The Hall–Kier alpha value is -2.82. The molecule has 1 unspecified atom stereocenters. The summed E-state index contributed by atoms with van der Waals surface area (Å²) in [4.78, 5) is 23.7. The van der Waals surface area contributed by atoms with E-state index in [0.29, 0.717) is 11.8 Å². The van der Waals surface area contributed by atoms with Gasteiger partial charge in [0.05, 0.1) is 24.1 Å². The van der Waals surface area contributed by atoms with E-state index in [1.165, 1.54) is 0 Å². The quantitative estimate of drug-likeness (QED) is 0.631. The van der Waals surface area contributed by atoms with Crippen molar-refractivity contribution in [1.29, 1.82) is 21.2 Å². The Morgan fingerprint density at radius 3 is 2.29 bits per heavy atom. The highest BCUT2D eigenvalue weighted by Crippen LogP contribution is 2.54. The smallest absolute Gasteiger partial charge is 0.169 e. The molecule has 1 fully saturated rings. The molecule has 1 saturated carbocycles. The van der Waals surface area contributed by atoms with E-state index >= 15 is 0 Å². The number of nitrogens with one attached hydrogen (secondary N) is 1. The number of carbonyl (C=O) groups excluding carboxylic acids is 2. The van der Waals surface area contributed by atoms with Crippen LogP contribution in [0.3, 0.4) is 0 Å². The minimum absolute atomic E-state index is 0.247. The van der Waals surface area contributed by atoms with Crippen molar-refractivity contribution < 1.29 is 9.59 Å². The monoisotopic (exact) mass is 382 g/mol. The molecular weight excluding hydrogens is 372 g/mol. The number of benzene rings is 1. The Balaban J connectivity index is 2.52. The van der Waals surface area contributed by atoms with Crippen molar-refractivity contribution in [3.05, 3.63) is 34.3 Å². The lowest BCUT2D eigenvalue weighted by atomic mass is 9.64. The third-order valence-electron chi connectivity index (χ3n) is 4.41. The van der Waals surface area contributed by atoms with Gasteiger partial charge in [-0.25, -0.2) is 0 Å². The Bertz CT molecular complexity index is 827. The first-order chi connectivity index (χ1) is 11.4. The molecule has 1 aromatic carbocycles. The minimum Gasteiger partial charge on any atom is -0.307 e. The zero-order valence-electron chi connectivity index (χ0n) is 12.4. The topological polar surface area (TPSA) is 129 Å². The van der Waals surface area contributed by atoms with Crippen molar-refractivity contribution in [1.82, 2.24) is 0 Å². The molecule has 24 heavy (non-hydrogen) atoms. The summed E-state index contributed by atoms with van der Waals surface area (Å²) < 4.78 is 0.770. The largest absolute Gasteiger partial charge is 0.307 e. The molecule has 0 radical (unpaired) electrons. The summed E-state index contributed by atoms with van der Waals surface area (Å²) in [6, 6.07) is 11.8. The number of Topliss-reactive ketones (excluding diaryl/α,β-unsaturated/α-hetero) is 1. The molecule has 6 nitrogen and oxygen atoms in total. The van der Waals surface area contributed by atoms with E-state index in [0.717, 1.165) is 4.47 Å². The molecule has 7 heteroatoms. The number of hydrogen-bond acceptors (Lipinski definition) is 6. The summed E-state index contributed by atoms with van der Waals surface area (Å²) >= 11 is 3.25. The van der Waals surface area contributed by atoms with E-state index in [4.69, 9.17) is 5.41 Å². The predicted octanol–water partition coefficient (Wildman–Crippen LogP) is 2.80. The Morgan fingerprint density at radius 2 is 1.83 bits per heavy atom. The van der Waals surface area contributed by atoms with Crippen LogP contribution in [0.1, 0.15) is 23.2 Å². The molecule has 1 N–H and O–H groups in total.